The van der Waals surface area contributed by atoms with Gasteiger partial charge in [-0.3, -0.25) is 0 Å². The Balaban J connectivity index is 2.19. The third-order valence-corrected chi connectivity index (χ3v) is 4.33. The van der Waals surface area contributed by atoms with Crippen LogP contribution in [-0.2, 0) is 19.5 Å². The number of nitrogens with two attached hydrogens (primary N) is 1. The van der Waals surface area contributed by atoms with E-state index in [-0.39, 0.29) is 0 Å². The Bertz CT molecular complexity index is 616. The van der Waals surface area contributed by atoms with Crippen molar-refractivity contribution in [2.24, 2.45) is 5.73 Å². The molecule has 2 heterocycles. The molecule has 3 rings (SSSR count). The zero-order chi connectivity index (χ0) is 13.4. The lowest BCUT2D eigenvalue weighted by Gasteiger charge is -2.18. The van der Waals surface area contributed by atoms with Crippen molar-refractivity contribution in [2.75, 3.05) is 0 Å². The lowest BCUT2D eigenvalue weighted by Crippen LogP contribution is -2.13. The third kappa shape index (κ3) is 2.23. The van der Waals surface area contributed by atoms with Crippen LogP contribution in [0.3, 0.4) is 0 Å². The summed E-state index contributed by atoms with van der Waals surface area (Å²) in [5.41, 5.74) is 10.7. The van der Waals surface area contributed by atoms with E-state index in [0.29, 0.717) is 6.54 Å². The van der Waals surface area contributed by atoms with E-state index in [4.69, 9.17) is 10.7 Å². The van der Waals surface area contributed by atoms with Crippen molar-refractivity contribution in [3.05, 3.63) is 39.6 Å². The highest BCUT2D eigenvalue weighted by molar-refractivity contribution is 9.10. The number of hydrogen-bond donors (Lipinski definition) is 1. The Morgan fingerprint density at radius 2 is 2.21 bits per heavy atom. The molecule has 0 saturated carbocycles. The number of aryl methyl sites for hydroxylation is 1. The minimum atomic E-state index is 0.530. The van der Waals surface area contributed by atoms with Gasteiger partial charge in [-0.05, 0) is 43.9 Å². The fraction of sp³-hybridized carbons (Fsp3) is 0.400. The predicted octanol–water partition coefficient (Wildman–Crippen LogP) is 3.42. The minimum absolute atomic E-state index is 0.530. The van der Waals surface area contributed by atoms with Gasteiger partial charge < -0.3 is 10.3 Å². The first-order chi connectivity index (χ1) is 9.20. The molecule has 2 N–H and O–H groups in total. The Morgan fingerprint density at radius 3 is 3.00 bits per heavy atom. The number of nitrogens with zero attached hydrogens (tertiary/aromatic N) is 2. The summed E-state index contributed by atoms with van der Waals surface area (Å²) in [6, 6.07) is 6.36. The second-order valence-electron chi connectivity index (χ2n) is 5.10. The van der Waals surface area contributed by atoms with Crippen LogP contribution in [0.5, 0.6) is 0 Å². The second kappa shape index (κ2) is 5.10. The molecule has 0 amide bonds. The summed E-state index contributed by atoms with van der Waals surface area (Å²) in [5.74, 6) is 1.08. The van der Waals surface area contributed by atoms with Gasteiger partial charge in [0.05, 0.1) is 5.69 Å². The van der Waals surface area contributed by atoms with Crippen molar-refractivity contribution in [3.8, 4) is 11.4 Å². The van der Waals surface area contributed by atoms with Crippen LogP contribution in [0, 0.1) is 6.92 Å². The molecular formula is C15H18BrN3. The molecule has 0 bridgehead atoms. The topological polar surface area (TPSA) is 43.8 Å². The van der Waals surface area contributed by atoms with Gasteiger partial charge in [-0.15, -0.1) is 0 Å². The summed E-state index contributed by atoms with van der Waals surface area (Å²) >= 11 is 3.55. The fourth-order valence-corrected chi connectivity index (χ4v) is 3.18. The number of imidazole rings is 1. The van der Waals surface area contributed by atoms with E-state index in [2.05, 4.69) is 45.6 Å². The number of hydrogen-bond acceptors (Lipinski definition) is 2. The van der Waals surface area contributed by atoms with E-state index in [9.17, 15) is 0 Å². The minimum Gasteiger partial charge on any atom is -0.328 e. The molecule has 1 aromatic carbocycles. The molecule has 3 nitrogen and oxygen atoms in total. The average molecular weight is 320 g/mol. The molecule has 1 aromatic heterocycles. The first kappa shape index (κ1) is 12.9. The van der Waals surface area contributed by atoms with Crippen LogP contribution in [0.25, 0.3) is 11.4 Å². The third-order valence-electron chi connectivity index (χ3n) is 3.83. The normalized spacial score (nSPS) is 14.5. The van der Waals surface area contributed by atoms with Crippen molar-refractivity contribution in [2.45, 2.75) is 39.3 Å². The van der Waals surface area contributed by atoms with Gasteiger partial charge in [0.1, 0.15) is 5.82 Å². The van der Waals surface area contributed by atoms with Gasteiger partial charge in [0.25, 0.3) is 0 Å². The highest BCUT2D eigenvalue weighted by Gasteiger charge is 2.20. The smallest absolute Gasteiger partial charge is 0.140 e. The van der Waals surface area contributed by atoms with Gasteiger partial charge in [0.15, 0.2) is 0 Å². The number of benzene rings is 1. The van der Waals surface area contributed by atoms with Crippen molar-refractivity contribution in [1.29, 1.82) is 0 Å². The maximum absolute atomic E-state index is 5.85. The first-order valence-corrected chi connectivity index (χ1v) is 7.55. The van der Waals surface area contributed by atoms with E-state index in [0.717, 1.165) is 29.0 Å². The van der Waals surface area contributed by atoms with E-state index >= 15 is 0 Å². The summed E-state index contributed by atoms with van der Waals surface area (Å²) in [5, 5.41) is 0. The molecule has 0 saturated heterocycles. The van der Waals surface area contributed by atoms with Gasteiger partial charge in [-0.1, -0.05) is 22.0 Å². The van der Waals surface area contributed by atoms with Crippen LogP contribution in [-0.4, -0.2) is 9.55 Å². The van der Waals surface area contributed by atoms with Crippen LogP contribution in [0.2, 0.25) is 0 Å². The molecule has 4 heteroatoms. The van der Waals surface area contributed by atoms with Gasteiger partial charge in [0, 0.05) is 28.8 Å². The highest BCUT2D eigenvalue weighted by Crippen LogP contribution is 2.31. The maximum atomic E-state index is 5.85. The van der Waals surface area contributed by atoms with Gasteiger partial charge in [0.2, 0.25) is 0 Å². The van der Waals surface area contributed by atoms with Crippen LogP contribution in [0.4, 0.5) is 0 Å². The van der Waals surface area contributed by atoms with E-state index < -0.39 is 0 Å². The van der Waals surface area contributed by atoms with Crippen LogP contribution in [0.1, 0.15) is 29.8 Å². The van der Waals surface area contributed by atoms with Crippen molar-refractivity contribution >= 4 is 15.9 Å². The Labute approximate surface area is 122 Å². The lowest BCUT2D eigenvalue weighted by atomic mass is 10.1. The molecule has 0 spiro atoms. The quantitative estimate of drug-likeness (QED) is 0.921. The number of halogens is 1. The SMILES string of the molecule is Cc1ccc(Br)cc1-c1nc(CN)c2n1CCCC2. The molecule has 0 unspecified atom stereocenters. The summed E-state index contributed by atoms with van der Waals surface area (Å²) in [6.45, 7) is 3.72. The molecule has 1 aliphatic rings. The van der Waals surface area contributed by atoms with E-state index in [1.807, 2.05) is 0 Å². The molecule has 0 radical (unpaired) electrons. The molecule has 100 valence electrons. The van der Waals surface area contributed by atoms with Gasteiger partial charge >= 0.3 is 0 Å². The molecule has 0 aliphatic carbocycles. The average Bonchev–Trinajstić information content (AvgIpc) is 2.80. The van der Waals surface area contributed by atoms with Crippen LogP contribution < -0.4 is 5.73 Å². The van der Waals surface area contributed by atoms with Crippen molar-refractivity contribution in [3.63, 3.8) is 0 Å². The first-order valence-electron chi connectivity index (χ1n) is 6.75. The summed E-state index contributed by atoms with van der Waals surface area (Å²) in [7, 11) is 0. The molecule has 0 fully saturated rings. The van der Waals surface area contributed by atoms with Crippen LogP contribution in [0.15, 0.2) is 22.7 Å². The highest BCUT2D eigenvalue weighted by atomic mass is 79.9. The number of aromatic nitrogens is 2. The molecule has 1 aliphatic heterocycles. The molecule has 2 aromatic rings. The predicted molar refractivity (Wildman–Crippen MR) is 80.9 cm³/mol. The molecular weight excluding hydrogens is 302 g/mol. The molecule has 0 atom stereocenters. The summed E-state index contributed by atoms with van der Waals surface area (Å²) in [4.78, 5) is 4.80. The van der Waals surface area contributed by atoms with E-state index in [1.165, 1.54) is 29.7 Å². The Hall–Kier alpha value is -1.13. The Morgan fingerprint density at radius 1 is 1.37 bits per heavy atom. The largest absolute Gasteiger partial charge is 0.328 e. The van der Waals surface area contributed by atoms with Crippen molar-refractivity contribution < 1.29 is 0 Å². The lowest BCUT2D eigenvalue weighted by molar-refractivity contribution is 0.533. The summed E-state index contributed by atoms with van der Waals surface area (Å²) < 4.78 is 3.45. The molecule has 19 heavy (non-hydrogen) atoms. The second-order valence-corrected chi connectivity index (χ2v) is 6.02. The van der Waals surface area contributed by atoms with Crippen molar-refractivity contribution in [1.82, 2.24) is 9.55 Å². The van der Waals surface area contributed by atoms with E-state index in [1.54, 1.807) is 0 Å². The number of rotatable bonds is 2. The Kier molecular flexibility index (Phi) is 3.46. The van der Waals surface area contributed by atoms with Gasteiger partial charge in [-0.2, -0.15) is 0 Å². The zero-order valence-corrected chi connectivity index (χ0v) is 12.7. The summed E-state index contributed by atoms with van der Waals surface area (Å²) in [6.07, 6.45) is 3.58. The van der Waals surface area contributed by atoms with Crippen LogP contribution >= 0.6 is 15.9 Å². The maximum Gasteiger partial charge on any atom is 0.140 e. The fourth-order valence-electron chi connectivity index (χ4n) is 2.82. The standard InChI is InChI=1S/C15H18BrN3/c1-10-5-6-11(16)8-12(10)15-18-13(9-17)14-4-2-3-7-19(14)15/h5-6,8H,2-4,7,9,17H2,1H3. The zero-order valence-electron chi connectivity index (χ0n) is 11.1. The monoisotopic (exact) mass is 319 g/mol. The number of fused-ring (bicyclic) bond motifs is 1. The van der Waals surface area contributed by atoms with Gasteiger partial charge in [-0.25, -0.2) is 4.98 Å².